The van der Waals surface area contributed by atoms with Gasteiger partial charge in [0.25, 0.3) is 0 Å². The zero-order valence-electron chi connectivity index (χ0n) is 12.6. The molecule has 7 heteroatoms. The van der Waals surface area contributed by atoms with Crippen LogP contribution in [0, 0.1) is 0 Å². The number of carbonyl (C=O) groups excluding carboxylic acids is 1. The summed E-state index contributed by atoms with van der Waals surface area (Å²) in [6.45, 7) is 0.984. The Labute approximate surface area is 146 Å². The highest BCUT2D eigenvalue weighted by Gasteiger charge is 2.32. The number of nitrogens with one attached hydrogen (secondary N) is 1. The topological polar surface area (TPSA) is 58.2 Å². The lowest BCUT2D eigenvalue weighted by molar-refractivity contribution is 0.0915. The van der Waals surface area contributed by atoms with Crippen LogP contribution in [0.4, 0.5) is 4.79 Å². The fraction of sp³-hybridized carbons (Fsp3) is 0.375. The quantitative estimate of drug-likeness (QED) is 0.841. The lowest BCUT2D eigenvalue weighted by Crippen LogP contribution is -2.31. The molecule has 124 valence electrons. The molecule has 1 unspecified atom stereocenters. The fourth-order valence-corrected chi connectivity index (χ4v) is 2.85. The summed E-state index contributed by atoms with van der Waals surface area (Å²) in [4.78, 5) is 14.1. The average Bonchev–Trinajstić information content (AvgIpc) is 3.21. The molecule has 1 aromatic heterocycles. The largest absolute Gasteiger partial charge is 0.445 e. The number of likely N-dealkylation sites (tertiary alicyclic amines) is 1. The lowest BCUT2D eigenvalue weighted by atomic mass is 10.1. The smallest absolute Gasteiger partial charge is 0.410 e. The zero-order chi connectivity index (χ0) is 15.4. The minimum atomic E-state index is -0.290. The average molecular weight is 356 g/mol. The van der Waals surface area contributed by atoms with Crippen molar-refractivity contribution in [2.75, 3.05) is 6.54 Å². The van der Waals surface area contributed by atoms with Gasteiger partial charge in [-0.25, -0.2) is 4.79 Å². The first-order valence-electron chi connectivity index (χ1n) is 7.35. The van der Waals surface area contributed by atoms with Crippen molar-refractivity contribution in [3.8, 4) is 0 Å². The number of aromatic nitrogens is 2. The summed E-state index contributed by atoms with van der Waals surface area (Å²) in [6, 6.07) is 11.6. The second-order valence-electron chi connectivity index (χ2n) is 5.34. The molecular weight excluding hydrogens is 337 g/mol. The molecule has 0 spiro atoms. The van der Waals surface area contributed by atoms with Gasteiger partial charge in [-0.1, -0.05) is 30.3 Å². The van der Waals surface area contributed by atoms with Gasteiger partial charge in [-0.3, -0.25) is 10.00 Å². The highest BCUT2D eigenvalue weighted by Crippen LogP contribution is 2.31. The molecule has 0 aliphatic carbocycles. The molecule has 1 amide bonds. The standard InChI is InChI=1S/C16H18ClN3O2.ClH/c17-10-13-9-14(19-18-13)15-7-4-8-20(15)16(21)22-11-12-5-2-1-3-6-12;/h1-3,5-6,9,15H,4,7-8,10-11H2,(H,18,19);1H. The Morgan fingerprint density at radius 2 is 2.17 bits per heavy atom. The van der Waals surface area contributed by atoms with Crippen LogP contribution in [0.1, 0.15) is 35.8 Å². The molecule has 1 N–H and O–H groups in total. The maximum absolute atomic E-state index is 12.3. The predicted molar refractivity (Wildman–Crippen MR) is 90.7 cm³/mol. The Kier molecular flexibility index (Phi) is 6.30. The van der Waals surface area contributed by atoms with Gasteiger partial charge >= 0.3 is 6.09 Å². The van der Waals surface area contributed by atoms with Crippen LogP contribution in [0.2, 0.25) is 0 Å². The number of aromatic amines is 1. The van der Waals surface area contributed by atoms with E-state index in [1.807, 2.05) is 36.4 Å². The molecule has 1 aliphatic heterocycles. The Bertz CT molecular complexity index is 633. The van der Waals surface area contributed by atoms with Crippen molar-refractivity contribution in [1.82, 2.24) is 15.1 Å². The fourth-order valence-electron chi connectivity index (χ4n) is 2.71. The number of benzene rings is 1. The molecule has 2 heterocycles. The highest BCUT2D eigenvalue weighted by molar-refractivity contribution is 6.16. The summed E-state index contributed by atoms with van der Waals surface area (Å²) < 4.78 is 5.42. The second kappa shape index (κ2) is 8.22. The third-order valence-corrected chi connectivity index (χ3v) is 4.12. The number of halogens is 2. The van der Waals surface area contributed by atoms with Gasteiger partial charge in [-0.05, 0) is 24.5 Å². The second-order valence-corrected chi connectivity index (χ2v) is 5.61. The van der Waals surface area contributed by atoms with E-state index in [9.17, 15) is 4.79 Å². The maximum Gasteiger partial charge on any atom is 0.410 e. The van der Waals surface area contributed by atoms with Gasteiger partial charge in [0, 0.05) is 6.54 Å². The van der Waals surface area contributed by atoms with E-state index in [0.29, 0.717) is 12.4 Å². The summed E-state index contributed by atoms with van der Waals surface area (Å²) in [7, 11) is 0. The van der Waals surface area contributed by atoms with Crippen molar-refractivity contribution >= 4 is 30.1 Å². The SMILES string of the molecule is Cl.O=C(OCc1ccccc1)N1CCCC1c1cc(CCl)[nH]n1. The number of H-pyrrole nitrogens is 1. The molecule has 23 heavy (non-hydrogen) atoms. The van der Waals surface area contributed by atoms with Crippen LogP contribution in [0.3, 0.4) is 0 Å². The minimum absolute atomic E-state index is 0. The third-order valence-electron chi connectivity index (χ3n) is 3.83. The molecule has 1 atom stereocenters. The van der Waals surface area contributed by atoms with E-state index < -0.39 is 0 Å². The van der Waals surface area contributed by atoms with Crippen molar-refractivity contribution in [2.24, 2.45) is 0 Å². The summed E-state index contributed by atoms with van der Waals surface area (Å²) in [5, 5.41) is 7.15. The van der Waals surface area contributed by atoms with Gasteiger partial charge in [0.1, 0.15) is 6.61 Å². The molecule has 0 bridgehead atoms. The molecule has 1 aromatic carbocycles. The van der Waals surface area contributed by atoms with Crippen molar-refractivity contribution in [2.45, 2.75) is 31.4 Å². The normalized spacial score (nSPS) is 16.9. The van der Waals surface area contributed by atoms with Crippen LogP contribution in [-0.4, -0.2) is 27.7 Å². The molecule has 1 aliphatic rings. The van der Waals surface area contributed by atoms with Crippen molar-refractivity contribution in [1.29, 1.82) is 0 Å². The van der Waals surface area contributed by atoms with Gasteiger partial charge in [0.15, 0.2) is 0 Å². The third kappa shape index (κ3) is 4.18. The zero-order valence-corrected chi connectivity index (χ0v) is 14.1. The number of ether oxygens (including phenoxy) is 1. The van der Waals surface area contributed by atoms with E-state index in [2.05, 4.69) is 10.2 Å². The van der Waals surface area contributed by atoms with Crippen molar-refractivity contribution < 1.29 is 9.53 Å². The van der Waals surface area contributed by atoms with Gasteiger partial charge in [0.2, 0.25) is 0 Å². The number of amides is 1. The van der Waals surface area contributed by atoms with E-state index in [0.717, 1.165) is 29.8 Å². The van der Waals surface area contributed by atoms with Crippen molar-refractivity contribution in [3.63, 3.8) is 0 Å². The van der Waals surface area contributed by atoms with E-state index in [4.69, 9.17) is 16.3 Å². The highest BCUT2D eigenvalue weighted by atomic mass is 35.5. The number of alkyl halides is 1. The summed E-state index contributed by atoms with van der Waals surface area (Å²) in [5.41, 5.74) is 2.70. The summed E-state index contributed by atoms with van der Waals surface area (Å²) in [5.74, 6) is 0.387. The number of hydrogen-bond acceptors (Lipinski definition) is 3. The number of hydrogen-bond donors (Lipinski definition) is 1. The Balaban J connectivity index is 0.00000192. The van der Waals surface area contributed by atoms with Crippen LogP contribution in [0.25, 0.3) is 0 Å². The first-order chi connectivity index (χ1) is 10.8. The monoisotopic (exact) mass is 355 g/mol. The molecule has 1 fully saturated rings. The summed E-state index contributed by atoms with van der Waals surface area (Å²) in [6.07, 6.45) is 1.56. The van der Waals surface area contributed by atoms with E-state index in [-0.39, 0.29) is 31.1 Å². The Morgan fingerprint density at radius 3 is 2.87 bits per heavy atom. The molecular formula is C16H19Cl2N3O2. The molecule has 0 radical (unpaired) electrons. The van der Waals surface area contributed by atoms with E-state index in [1.165, 1.54) is 0 Å². The van der Waals surface area contributed by atoms with Crippen molar-refractivity contribution in [3.05, 3.63) is 53.3 Å². The minimum Gasteiger partial charge on any atom is -0.445 e. The molecule has 0 saturated carbocycles. The van der Waals surface area contributed by atoms with Crippen LogP contribution in [0.5, 0.6) is 0 Å². The lowest BCUT2D eigenvalue weighted by Gasteiger charge is -2.22. The molecule has 1 saturated heterocycles. The first-order valence-corrected chi connectivity index (χ1v) is 7.89. The van der Waals surface area contributed by atoms with Gasteiger partial charge in [0.05, 0.1) is 23.3 Å². The number of rotatable bonds is 4. The molecule has 5 nitrogen and oxygen atoms in total. The summed E-state index contributed by atoms with van der Waals surface area (Å²) >= 11 is 5.79. The van der Waals surface area contributed by atoms with E-state index >= 15 is 0 Å². The first kappa shape index (κ1) is 17.6. The number of carbonyl (C=O) groups is 1. The van der Waals surface area contributed by atoms with Gasteiger partial charge in [-0.2, -0.15) is 5.10 Å². The van der Waals surface area contributed by atoms with Crippen LogP contribution >= 0.6 is 24.0 Å². The van der Waals surface area contributed by atoms with Crippen LogP contribution < -0.4 is 0 Å². The Morgan fingerprint density at radius 1 is 1.39 bits per heavy atom. The van der Waals surface area contributed by atoms with Crippen LogP contribution in [0.15, 0.2) is 36.4 Å². The molecule has 3 rings (SSSR count). The molecule has 2 aromatic rings. The Hall–Kier alpha value is -1.72. The maximum atomic E-state index is 12.3. The van der Waals surface area contributed by atoms with Crippen LogP contribution in [-0.2, 0) is 17.2 Å². The van der Waals surface area contributed by atoms with Gasteiger partial charge in [-0.15, -0.1) is 24.0 Å². The van der Waals surface area contributed by atoms with Gasteiger partial charge < -0.3 is 4.74 Å². The predicted octanol–water partition coefficient (Wildman–Crippen LogP) is 4.04. The number of nitrogens with zero attached hydrogens (tertiary/aromatic N) is 2. The van der Waals surface area contributed by atoms with E-state index in [1.54, 1.807) is 4.90 Å².